The molecule has 1 amide bonds. The summed E-state index contributed by atoms with van der Waals surface area (Å²) in [4.78, 5) is 16.7. The molecule has 1 atom stereocenters. The molecule has 2 saturated heterocycles. The molecule has 19 heavy (non-hydrogen) atoms. The number of nitrogens with zero attached hydrogens (tertiary/aromatic N) is 2. The molecule has 102 valence electrons. The van der Waals surface area contributed by atoms with Crippen LogP contribution in [0.15, 0.2) is 30.3 Å². The fourth-order valence-corrected chi connectivity index (χ4v) is 3.06. The first-order chi connectivity index (χ1) is 9.34. The number of amides is 1. The molecule has 0 bridgehead atoms. The van der Waals surface area contributed by atoms with E-state index >= 15 is 0 Å². The molecule has 2 aliphatic heterocycles. The maximum atomic E-state index is 12.3. The quantitative estimate of drug-likeness (QED) is 0.817. The summed E-state index contributed by atoms with van der Waals surface area (Å²) in [6.45, 7) is 4.72. The first-order valence-electron chi connectivity index (χ1n) is 7.27. The minimum Gasteiger partial charge on any atom is -0.368 e. The van der Waals surface area contributed by atoms with Crippen molar-refractivity contribution in [3.8, 4) is 0 Å². The number of carbonyl (C=O) groups excluding carboxylic acids is 1. The molecule has 2 heterocycles. The Hall–Kier alpha value is -1.55. The number of piperazine rings is 1. The molecule has 0 saturated carbocycles. The summed E-state index contributed by atoms with van der Waals surface area (Å²) < 4.78 is 0. The largest absolute Gasteiger partial charge is 0.368 e. The molecule has 2 fully saturated rings. The van der Waals surface area contributed by atoms with E-state index in [-0.39, 0.29) is 6.04 Å². The van der Waals surface area contributed by atoms with Gasteiger partial charge in [0.15, 0.2) is 6.04 Å². The van der Waals surface area contributed by atoms with Crippen molar-refractivity contribution in [2.75, 3.05) is 37.6 Å². The zero-order chi connectivity index (χ0) is 13.1. The maximum absolute atomic E-state index is 12.3. The van der Waals surface area contributed by atoms with Gasteiger partial charge in [-0.1, -0.05) is 18.2 Å². The van der Waals surface area contributed by atoms with Gasteiger partial charge in [-0.15, -0.1) is 0 Å². The highest BCUT2D eigenvalue weighted by Gasteiger charge is 2.32. The molecule has 2 N–H and O–H groups in total. The predicted molar refractivity (Wildman–Crippen MR) is 75.0 cm³/mol. The number of nitrogens with two attached hydrogens (primary N) is 1. The molecule has 3 rings (SSSR count). The van der Waals surface area contributed by atoms with Crippen LogP contribution in [0, 0.1) is 0 Å². The molecule has 0 aromatic heterocycles. The number of rotatable bonds is 2. The van der Waals surface area contributed by atoms with Gasteiger partial charge in [0.05, 0.1) is 6.54 Å². The SMILES string of the molecule is O=C([C@H]1CCC[NH2+]1)N1CCN(c2ccccc2)CC1. The summed E-state index contributed by atoms with van der Waals surface area (Å²) in [7, 11) is 0. The highest BCUT2D eigenvalue weighted by Crippen LogP contribution is 2.16. The Morgan fingerprint density at radius 1 is 1.11 bits per heavy atom. The van der Waals surface area contributed by atoms with Gasteiger partial charge in [-0.25, -0.2) is 0 Å². The van der Waals surface area contributed by atoms with Crippen LogP contribution >= 0.6 is 0 Å². The van der Waals surface area contributed by atoms with Crippen molar-refractivity contribution < 1.29 is 10.1 Å². The fraction of sp³-hybridized carbons (Fsp3) is 0.533. The van der Waals surface area contributed by atoms with Crippen molar-refractivity contribution in [3.63, 3.8) is 0 Å². The van der Waals surface area contributed by atoms with Crippen LogP contribution in [-0.2, 0) is 4.79 Å². The molecular formula is C15H22N3O+. The number of quaternary nitrogens is 1. The topological polar surface area (TPSA) is 40.2 Å². The molecule has 4 nitrogen and oxygen atoms in total. The number of hydrogen-bond acceptors (Lipinski definition) is 2. The van der Waals surface area contributed by atoms with E-state index in [0.29, 0.717) is 5.91 Å². The lowest BCUT2D eigenvalue weighted by Gasteiger charge is -2.36. The lowest BCUT2D eigenvalue weighted by Crippen LogP contribution is -2.89. The van der Waals surface area contributed by atoms with Crippen molar-refractivity contribution >= 4 is 11.6 Å². The molecule has 1 aromatic rings. The number of benzene rings is 1. The second-order valence-corrected chi connectivity index (χ2v) is 5.42. The molecular weight excluding hydrogens is 238 g/mol. The second kappa shape index (κ2) is 5.61. The predicted octanol–water partition coefficient (Wildman–Crippen LogP) is 0.0610. The first kappa shape index (κ1) is 12.5. The molecule has 4 heteroatoms. The lowest BCUT2D eigenvalue weighted by atomic mass is 10.1. The Labute approximate surface area is 114 Å². The third-order valence-electron chi connectivity index (χ3n) is 4.20. The summed E-state index contributed by atoms with van der Waals surface area (Å²) in [5.41, 5.74) is 1.27. The van der Waals surface area contributed by atoms with E-state index in [2.05, 4.69) is 34.5 Å². The molecule has 0 unspecified atom stereocenters. The van der Waals surface area contributed by atoms with E-state index in [1.165, 1.54) is 12.1 Å². The van der Waals surface area contributed by atoms with Crippen LogP contribution in [0.4, 0.5) is 5.69 Å². The lowest BCUT2D eigenvalue weighted by molar-refractivity contribution is -0.658. The van der Waals surface area contributed by atoms with Gasteiger partial charge in [0, 0.05) is 44.7 Å². The van der Waals surface area contributed by atoms with E-state index in [9.17, 15) is 4.79 Å². The van der Waals surface area contributed by atoms with Crippen molar-refractivity contribution in [1.29, 1.82) is 0 Å². The van der Waals surface area contributed by atoms with Gasteiger partial charge < -0.3 is 15.1 Å². The van der Waals surface area contributed by atoms with Crippen LogP contribution in [0.1, 0.15) is 12.8 Å². The van der Waals surface area contributed by atoms with Gasteiger partial charge in [0.1, 0.15) is 0 Å². The molecule has 0 spiro atoms. The first-order valence-corrected chi connectivity index (χ1v) is 7.27. The van der Waals surface area contributed by atoms with Crippen molar-refractivity contribution in [2.24, 2.45) is 0 Å². The monoisotopic (exact) mass is 260 g/mol. The zero-order valence-corrected chi connectivity index (χ0v) is 11.3. The van der Waals surface area contributed by atoms with Gasteiger partial charge >= 0.3 is 0 Å². The zero-order valence-electron chi connectivity index (χ0n) is 11.3. The number of hydrogen-bond donors (Lipinski definition) is 1. The molecule has 0 aliphatic carbocycles. The van der Waals surface area contributed by atoms with E-state index in [4.69, 9.17) is 0 Å². The van der Waals surface area contributed by atoms with Gasteiger partial charge in [-0.2, -0.15) is 0 Å². The minimum absolute atomic E-state index is 0.197. The van der Waals surface area contributed by atoms with Crippen LogP contribution in [0.25, 0.3) is 0 Å². The summed E-state index contributed by atoms with van der Waals surface area (Å²) in [6.07, 6.45) is 2.23. The Kier molecular flexibility index (Phi) is 3.69. The van der Waals surface area contributed by atoms with Gasteiger partial charge in [0.25, 0.3) is 5.91 Å². The van der Waals surface area contributed by atoms with Gasteiger partial charge in [-0.3, -0.25) is 4.79 Å². The average molecular weight is 260 g/mol. The summed E-state index contributed by atoms with van der Waals surface area (Å²) >= 11 is 0. The fourth-order valence-electron chi connectivity index (χ4n) is 3.06. The molecule has 0 radical (unpaired) electrons. The molecule has 2 aliphatic rings. The Bertz CT molecular complexity index is 420. The van der Waals surface area contributed by atoms with E-state index < -0.39 is 0 Å². The van der Waals surface area contributed by atoms with Crippen molar-refractivity contribution in [2.45, 2.75) is 18.9 Å². The summed E-state index contributed by atoms with van der Waals surface area (Å²) in [5, 5.41) is 2.20. The van der Waals surface area contributed by atoms with Crippen LogP contribution < -0.4 is 10.2 Å². The van der Waals surface area contributed by atoms with Crippen LogP contribution in [-0.4, -0.2) is 49.6 Å². The number of anilines is 1. The van der Waals surface area contributed by atoms with Crippen molar-refractivity contribution in [3.05, 3.63) is 30.3 Å². The highest BCUT2D eigenvalue weighted by molar-refractivity contribution is 5.80. The number of carbonyl (C=O) groups is 1. The Morgan fingerprint density at radius 2 is 1.84 bits per heavy atom. The standard InChI is InChI=1S/C15H21N3O/c19-15(14-7-4-8-16-14)18-11-9-17(10-12-18)13-5-2-1-3-6-13/h1-3,5-6,14,16H,4,7-12H2/p+1/t14-/m1/s1. The smallest absolute Gasteiger partial charge is 0.280 e. The average Bonchev–Trinajstić information content (AvgIpc) is 3.02. The van der Waals surface area contributed by atoms with Gasteiger partial charge in [-0.05, 0) is 12.1 Å². The van der Waals surface area contributed by atoms with Crippen LogP contribution in [0.5, 0.6) is 0 Å². The summed E-state index contributed by atoms with van der Waals surface area (Å²) in [5.74, 6) is 0.352. The van der Waals surface area contributed by atoms with E-state index in [1.54, 1.807) is 0 Å². The third-order valence-corrected chi connectivity index (χ3v) is 4.20. The van der Waals surface area contributed by atoms with E-state index in [1.807, 2.05) is 11.0 Å². The maximum Gasteiger partial charge on any atom is 0.280 e. The Balaban J connectivity index is 1.56. The normalized spacial score (nSPS) is 23.7. The third kappa shape index (κ3) is 2.73. The highest BCUT2D eigenvalue weighted by atomic mass is 16.2. The Morgan fingerprint density at radius 3 is 2.47 bits per heavy atom. The van der Waals surface area contributed by atoms with Crippen molar-refractivity contribution in [1.82, 2.24) is 4.90 Å². The number of para-hydroxylation sites is 1. The van der Waals surface area contributed by atoms with Gasteiger partial charge in [0.2, 0.25) is 0 Å². The molecule has 1 aromatic carbocycles. The van der Waals surface area contributed by atoms with Crippen LogP contribution in [0.3, 0.4) is 0 Å². The second-order valence-electron chi connectivity index (χ2n) is 5.42. The van der Waals surface area contributed by atoms with Crippen LogP contribution in [0.2, 0.25) is 0 Å². The van der Waals surface area contributed by atoms with E-state index in [0.717, 1.165) is 39.1 Å². The minimum atomic E-state index is 0.197. The summed E-state index contributed by atoms with van der Waals surface area (Å²) in [6, 6.07) is 10.7.